The van der Waals surface area contributed by atoms with Gasteiger partial charge in [-0.1, -0.05) is 13.0 Å². The van der Waals surface area contributed by atoms with Gasteiger partial charge < -0.3 is 10.4 Å². The van der Waals surface area contributed by atoms with Gasteiger partial charge in [0.1, 0.15) is 0 Å². The summed E-state index contributed by atoms with van der Waals surface area (Å²) >= 11 is 0. The Morgan fingerprint density at radius 1 is 1.67 bits per heavy atom. The van der Waals surface area contributed by atoms with Crippen molar-refractivity contribution in [2.24, 2.45) is 0 Å². The van der Waals surface area contributed by atoms with Crippen LogP contribution < -0.4 is 5.32 Å². The fourth-order valence-electron chi connectivity index (χ4n) is 0.779. The van der Waals surface area contributed by atoms with Crippen molar-refractivity contribution < 1.29 is 9.90 Å². The average molecular weight is 171 g/mol. The van der Waals surface area contributed by atoms with Gasteiger partial charge in [-0.15, -0.1) is 0 Å². The molecule has 12 heavy (non-hydrogen) atoms. The van der Waals surface area contributed by atoms with Crippen molar-refractivity contribution in [1.29, 1.82) is 0 Å². The second-order valence-electron chi connectivity index (χ2n) is 2.85. The van der Waals surface area contributed by atoms with Gasteiger partial charge in [0.05, 0.1) is 6.10 Å². The van der Waals surface area contributed by atoms with Gasteiger partial charge in [-0.05, 0) is 20.3 Å². The molecule has 0 aliphatic rings. The Hall–Kier alpha value is -0.830. The van der Waals surface area contributed by atoms with Crippen molar-refractivity contribution in [3.05, 3.63) is 11.6 Å². The first-order valence-electron chi connectivity index (χ1n) is 4.21. The molecule has 0 aromatic heterocycles. The molecule has 2 N–H and O–H groups in total. The summed E-state index contributed by atoms with van der Waals surface area (Å²) in [6, 6.07) is 0. The highest BCUT2D eigenvalue weighted by atomic mass is 16.3. The van der Waals surface area contributed by atoms with E-state index in [1.807, 2.05) is 13.0 Å². The van der Waals surface area contributed by atoms with Gasteiger partial charge in [0.15, 0.2) is 0 Å². The normalized spacial score (nSPS) is 14.2. The Morgan fingerprint density at radius 2 is 2.25 bits per heavy atom. The van der Waals surface area contributed by atoms with Crippen molar-refractivity contribution >= 4 is 5.91 Å². The van der Waals surface area contributed by atoms with Crippen LogP contribution in [0.1, 0.15) is 27.2 Å². The average Bonchev–Trinajstić information content (AvgIpc) is 2.00. The fraction of sp³-hybridized carbons (Fsp3) is 0.667. The molecule has 1 atom stereocenters. The summed E-state index contributed by atoms with van der Waals surface area (Å²) in [5, 5.41) is 11.5. The van der Waals surface area contributed by atoms with Crippen LogP contribution in [0.5, 0.6) is 0 Å². The van der Waals surface area contributed by atoms with Crippen LogP contribution in [0.15, 0.2) is 11.6 Å². The third-order valence-corrected chi connectivity index (χ3v) is 1.43. The number of aliphatic hydroxyl groups excluding tert-OH is 1. The Morgan fingerprint density at radius 3 is 2.67 bits per heavy atom. The van der Waals surface area contributed by atoms with Crippen molar-refractivity contribution in [1.82, 2.24) is 5.32 Å². The molecule has 0 heterocycles. The summed E-state index contributed by atoms with van der Waals surface area (Å²) in [6.07, 6.45) is 2.23. The largest absolute Gasteiger partial charge is 0.392 e. The number of carbonyl (C=O) groups excluding carboxylic acids is 1. The number of hydrogen-bond donors (Lipinski definition) is 2. The summed E-state index contributed by atoms with van der Waals surface area (Å²) in [5.74, 6) is -0.0993. The predicted octanol–water partition coefficient (Wildman–Crippen LogP) is 0.840. The maximum absolute atomic E-state index is 11.1. The molecule has 0 rings (SSSR count). The third kappa shape index (κ3) is 4.91. The number of amides is 1. The molecule has 3 heteroatoms. The van der Waals surface area contributed by atoms with Crippen LogP contribution in [0.25, 0.3) is 0 Å². The smallest absolute Gasteiger partial charge is 0.246 e. The SMILES string of the molecule is CC/C=C(/C)C(=O)NC[C@@H](C)O. The molecule has 0 radical (unpaired) electrons. The second-order valence-corrected chi connectivity index (χ2v) is 2.85. The van der Waals surface area contributed by atoms with Crippen LogP contribution >= 0.6 is 0 Å². The molecule has 0 saturated heterocycles. The van der Waals surface area contributed by atoms with Crippen LogP contribution in [-0.2, 0) is 4.79 Å². The topological polar surface area (TPSA) is 49.3 Å². The molecule has 0 aliphatic heterocycles. The minimum absolute atomic E-state index is 0.0993. The summed E-state index contributed by atoms with van der Waals surface area (Å²) < 4.78 is 0. The van der Waals surface area contributed by atoms with Crippen molar-refractivity contribution in [3.63, 3.8) is 0 Å². The van der Waals surface area contributed by atoms with Gasteiger partial charge in [0.2, 0.25) is 5.91 Å². The van der Waals surface area contributed by atoms with Crippen LogP contribution in [-0.4, -0.2) is 23.7 Å². The highest BCUT2D eigenvalue weighted by molar-refractivity contribution is 5.92. The summed E-state index contributed by atoms with van der Waals surface area (Å²) in [4.78, 5) is 11.1. The molecule has 0 saturated carbocycles. The number of allylic oxidation sites excluding steroid dienone is 1. The number of hydrogen-bond acceptors (Lipinski definition) is 2. The quantitative estimate of drug-likeness (QED) is 0.616. The maximum atomic E-state index is 11.1. The molecular weight excluding hydrogens is 154 g/mol. The molecule has 0 unspecified atom stereocenters. The predicted molar refractivity (Wildman–Crippen MR) is 48.7 cm³/mol. The van der Waals surface area contributed by atoms with Crippen LogP contribution in [0, 0.1) is 0 Å². The molecule has 0 spiro atoms. The van der Waals surface area contributed by atoms with E-state index < -0.39 is 6.10 Å². The zero-order valence-electron chi connectivity index (χ0n) is 7.92. The van der Waals surface area contributed by atoms with Gasteiger partial charge in [-0.3, -0.25) is 4.79 Å². The Kier molecular flexibility index (Phi) is 5.37. The minimum Gasteiger partial charge on any atom is -0.392 e. The van der Waals surface area contributed by atoms with E-state index >= 15 is 0 Å². The fourth-order valence-corrected chi connectivity index (χ4v) is 0.779. The molecule has 0 bridgehead atoms. The Bertz CT molecular complexity index is 173. The van der Waals surface area contributed by atoms with Gasteiger partial charge in [-0.2, -0.15) is 0 Å². The molecule has 0 aliphatic carbocycles. The maximum Gasteiger partial charge on any atom is 0.246 e. The van der Waals surface area contributed by atoms with Gasteiger partial charge in [0.25, 0.3) is 0 Å². The molecule has 0 aromatic carbocycles. The molecule has 0 aromatic rings. The summed E-state index contributed by atoms with van der Waals surface area (Å²) in [7, 11) is 0. The summed E-state index contributed by atoms with van der Waals surface area (Å²) in [6.45, 7) is 5.69. The molecule has 0 fully saturated rings. The van der Waals surface area contributed by atoms with E-state index in [1.54, 1.807) is 13.8 Å². The second kappa shape index (κ2) is 5.77. The van der Waals surface area contributed by atoms with E-state index in [4.69, 9.17) is 5.11 Å². The van der Waals surface area contributed by atoms with Crippen LogP contribution in [0.2, 0.25) is 0 Å². The number of nitrogens with one attached hydrogen (secondary N) is 1. The number of carbonyl (C=O) groups is 1. The lowest BCUT2D eigenvalue weighted by atomic mass is 10.2. The molecule has 1 amide bonds. The molecule has 3 nitrogen and oxygen atoms in total. The van der Waals surface area contributed by atoms with E-state index in [2.05, 4.69) is 5.32 Å². The Balaban J connectivity index is 3.80. The molecule has 70 valence electrons. The first-order valence-corrected chi connectivity index (χ1v) is 4.21. The standard InChI is InChI=1S/C9H17NO2/c1-4-5-7(2)9(12)10-6-8(3)11/h5,8,11H,4,6H2,1-3H3,(H,10,12)/b7-5-/t8-/m1/s1. The summed E-state index contributed by atoms with van der Waals surface area (Å²) in [5.41, 5.74) is 0.707. The van der Waals surface area contributed by atoms with E-state index in [1.165, 1.54) is 0 Å². The lowest BCUT2D eigenvalue weighted by Gasteiger charge is -2.06. The lowest BCUT2D eigenvalue weighted by Crippen LogP contribution is -2.30. The van der Waals surface area contributed by atoms with Crippen molar-refractivity contribution in [3.8, 4) is 0 Å². The zero-order chi connectivity index (χ0) is 9.56. The van der Waals surface area contributed by atoms with Gasteiger partial charge in [-0.25, -0.2) is 0 Å². The third-order valence-electron chi connectivity index (χ3n) is 1.43. The minimum atomic E-state index is -0.483. The number of rotatable bonds is 4. The van der Waals surface area contributed by atoms with E-state index in [0.717, 1.165) is 6.42 Å². The van der Waals surface area contributed by atoms with E-state index in [-0.39, 0.29) is 5.91 Å². The number of aliphatic hydroxyl groups is 1. The van der Waals surface area contributed by atoms with Gasteiger partial charge >= 0.3 is 0 Å². The highest BCUT2D eigenvalue weighted by Crippen LogP contribution is 1.94. The Labute approximate surface area is 73.5 Å². The zero-order valence-corrected chi connectivity index (χ0v) is 7.92. The van der Waals surface area contributed by atoms with Gasteiger partial charge in [0, 0.05) is 12.1 Å². The highest BCUT2D eigenvalue weighted by Gasteiger charge is 2.03. The lowest BCUT2D eigenvalue weighted by molar-refractivity contribution is -0.117. The van der Waals surface area contributed by atoms with Crippen molar-refractivity contribution in [2.45, 2.75) is 33.3 Å². The van der Waals surface area contributed by atoms with E-state index in [9.17, 15) is 4.79 Å². The monoisotopic (exact) mass is 171 g/mol. The van der Waals surface area contributed by atoms with Crippen molar-refractivity contribution in [2.75, 3.05) is 6.54 Å². The first kappa shape index (κ1) is 11.2. The van der Waals surface area contributed by atoms with E-state index in [0.29, 0.717) is 12.1 Å². The van der Waals surface area contributed by atoms with Crippen LogP contribution in [0.4, 0.5) is 0 Å². The molecular formula is C9H17NO2. The van der Waals surface area contributed by atoms with Crippen LogP contribution in [0.3, 0.4) is 0 Å². The first-order chi connectivity index (χ1) is 5.57.